The van der Waals surface area contributed by atoms with Crippen molar-refractivity contribution in [2.45, 2.75) is 82.0 Å². The minimum atomic E-state index is -1.57. The molecular formula is C58H56N4Si. The summed E-state index contributed by atoms with van der Waals surface area (Å²) in [4.78, 5) is 19.2. The Bertz CT molecular complexity index is 3220. The third-order valence-corrected chi connectivity index (χ3v) is 13.2. The van der Waals surface area contributed by atoms with Crippen LogP contribution >= 0.6 is 0 Å². The first-order valence-corrected chi connectivity index (χ1v) is 25.6. The van der Waals surface area contributed by atoms with E-state index >= 15 is 0 Å². The van der Waals surface area contributed by atoms with Crippen molar-refractivity contribution in [3.8, 4) is 56.0 Å². The second-order valence-electron chi connectivity index (χ2n) is 18.9. The van der Waals surface area contributed by atoms with Gasteiger partial charge in [-0.15, -0.1) is 5.54 Å². The molecule has 63 heavy (non-hydrogen) atoms. The molecule has 2 aliphatic heterocycles. The summed E-state index contributed by atoms with van der Waals surface area (Å²) < 4.78 is 0. The second kappa shape index (κ2) is 15.9. The Hall–Kier alpha value is -6.74. The van der Waals surface area contributed by atoms with Crippen LogP contribution in [0.15, 0.2) is 84.9 Å². The zero-order valence-corrected chi connectivity index (χ0v) is 39.8. The average Bonchev–Trinajstić information content (AvgIpc) is 4.05. The zero-order valence-electron chi connectivity index (χ0n) is 38.8. The molecule has 0 spiro atoms. The fraction of sp³-hybridized carbons (Fsp3) is 0.207. The lowest BCUT2D eigenvalue weighted by Crippen LogP contribution is -2.16. The first kappa shape index (κ1) is 41.6. The molecule has 3 aromatic heterocycles. The Morgan fingerprint density at radius 2 is 0.714 bits per heavy atom. The molecular weight excluding hydrogens is 782 g/mol. The first-order chi connectivity index (χ1) is 30.0. The van der Waals surface area contributed by atoms with Gasteiger partial charge in [0.1, 0.15) is 8.07 Å². The fourth-order valence-electron chi connectivity index (χ4n) is 9.86. The van der Waals surface area contributed by atoms with Crippen molar-refractivity contribution in [3.05, 3.63) is 163 Å². The summed E-state index contributed by atoms with van der Waals surface area (Å²) >= 11 is 0. The highest BCUT2D eigenvalue weighted by molar-refractivity contribution is 6.83. The number of H-pyrrole nitrogens is 2. The summed E-state index contributed by atoms with van der Waals surface area (Å²) in [5.74, 6) is 3.53. The third kappa shape index (κ3) is 7.85. The van der Waals surface area contributed by atoms with E-state index in [2.05, 4.69) is 213 Å². The minimum absolute atomic E-state index is 0.911. The molecule has 0 fully saturated rings. The summed E-state index contributed by atoms with van der Waals surface area (Å²) in [6.07, 6.45) is 8.79. The predicted molar refractivity (Wildman–Crippen MR) is 273 cm³/mol. The smallest absolute Gasteiger partial charge is 0.129 e. The zero-order chi connectivity index (χ0) is 44.5. The first-order valence-electron chi connectivity index (χ1n) is 22.1. The number of rotatable bonds is 4. The molecule has 5 heteroatoms. The molecule has 0 radical (unpaired) electrons. The van der Waals surface area contributed by atoms with Crippen LogP contribution in [0.4, 0.5) is 0 Å². The van der Waals surface area contributed by atoms with E-state index in [1.165, 1.54) is 61.2 Å². The van der Waals surface area contributed by atoms with Gasteiger partial charge in [-0.3, -0.25) is 0 Å². The van der Waals surface area contributed by atoms with E-state index in [9.17, 15) is 0 Å². The van der Waals surface area contributed by atoms with Crippen molar-refractivity contribution in [1.82, 2.24) is 19.9 Å². The van der Waals surface area contributed by atoms with Crippen molar-refractivity contribution in [1.29, 1.82) is 0 Å². The molecule has 0 atom stereocenters. The molecule has 0 aliphatic carbocycles. The van der Waals surface area contributed by atoms with Crippen molar-refractivity contribution in [3.63, 3.8) is 0 Å². The lowest BCUT2D eigenvalue weighted by atomic mass is 9.92. The molecule has 0 amide bonds. The van der Waals surface area contributed by atoms with Crippen LogP contribution in [-0.2, 0) is 0 Å². The number of aromatic nitrogens is 4. The molecule has 2 N–H and O–H groups in total. The van der Waals surface area contributed by atoms with Gasteiger partial charge >= 0.3 is 0 Å². The van der Waals surface area contributed by atoms with Crippen LogP contribution in [0.25, 0.3) is 90.9 Å². The summed E-state index contributed by atoms with van der Waals surface area (Å²) in [7, 11) is -1.57. The lowest BCUT2D eigenvalue weighted by molar-refractivity contribution is 1.27. The predicted octanol–water partition coefficient (Wildman–Crippen LogP) is 15.3. The average molecular weight is 838 g/mol. The van der Waals surface area contributed by atoms with Crippen molar-refractivity contribution in [2.24, 2.45) is 0 Å². The molecule has 9 rings (SSSR count). The minimum Gasteiger partial charge on any atom is -0.354 e. The van der Waals surface area contributed by atoms with E-state index in [0.717, 1.165) is 83.8 Å². The van der Waals surface area contributed by atoms with E-state index in [1.807, 2.05) is 0 Å². The Morgan fingerprint density at radius 3 is 1.08 bits per heavy atom. The van der Waals surface area contributed by atoms with Gasteiger partial charge in [-0.2, -0.15) is 0 Å². The van der Waals surface area contributed by atoms with Crippen LogP contribution in [0.5, 0.6) is 0 Å². The molecule has 5 heterocycles. The van der Waals surface area contributed by atoms with Crippen LogP contribution in [0.2, 0.25) is 19.6 Å². The highest BCUT2D eigenvalue weighted by Crippen LogP contribution is 2.42. The van der Waals surface area contributed by atoms with Gasteiger partial charge in [-0.25, -0.2) is 9.97 Å². The van der Waals surface area contributed by atoms with Gasteiger partial charge in [0.05, 0.1) is 22.8 Å². The number of nitrogens with one attached hydrogen (secondary N) is 2. The van der Waals surface area contributed by atoms with Crippen LogP contribution < -0.4 is 0 Å². The highest BCUT2D eigenvalue weighted by Gasteiger charge is 2.23. The molecule has 4 aromatic carbocycles. The summed E-state index contributed by atoms with van der Waals surface area (Å²) in [5.41, 5.74) is 32.1. The van der Waals surface area contributed by atoms with Crippen molar-refractivity contribution in [2.75, 3.05) is 0 Å². The number of nitrogens with zero attached hydrogens (tertiary/aromatic N) is 2. The van der Waals surface area contributed by atoms with Crippen LogP contribution in [0.3, 0.4) is 0 Å². The van der Waals surface area contributed by atoms with Gasteiger partial charge in [-0.1, -0.05) is 90.8 Å². The number of hydrogen-bond donors (Lipinski definition) is 2. The normalized spacial score (nSPS) is 12.2. The van der Waals surface area contributed by atoms with E-state index in [-0.39, 0.29) is 0 Å². The monoisotopic (exact) mass is 837 g/mol. The number of aromatic amines is 2. The fourth-order valence-corrected chi connectivity index (χ4v) is 10.4. The third-order valence-electron chi connectivity index (χ3n) is 12.3. The summed E-state index contributed by atoms with van der Waals surface area (Å²) in [6, 6.07) is 31.3. The SMILES string of the molecule is Cc1ccc(-[13c]2c3nc(c(-c4c(C)cc(C)cc4C)c4ccc([nH]4)c(-c4c(C)cc(C#C[Si](C)(C)C)cc4C)c4nc(c(-c5c(C)cc(C)cc5C)c5ccc2[nH]5)C=C4)C=C3)cc1. The highest BCUT2D eigenvalue weighted by atomic mass is 28.3. The number of benzene rings is 4. The van der Waals surface area contributed by atoms with Gasteiger partial charge in [0.25, 0.3) is 0 Å². The van der Waals surface area contributed by atoms with E-state index < -0.39 is 8.07 Å². The number of hydrogen-bond acceptors (Lipinski definition) is 2. The van der Waals surface area contributed by atoms with Gasteiger partial charge in [0, 0.05) is 49.9 Å². The van der Waals surface area contributed by atoms with E-state index in [4.69, 9.17) is 9.97 Å². The summed E-state index contributed by atoms with van der Waals surface area (Å²) in [6.45, 7) is 26.7. The lowest BCUT2D eigenvalue weighted by Gasteiger charge is -2.14. The van der Waals surface area contributed by atoms with Gasteiger partial charge in [0.2, 0.25) is 0 Å². The van der Waals surface area contributed by atoms with Crippen LogP contribution in [0, 0.1) is 73.8 Å². The maximum atomic E-state index is 5.65. The molecule has 312 valence electrons. The van der Waals surface area contributed by atoms with Crippen LogP contribution in [-0.4, -0.2) is 28.0 Å². The van der Waals surface area contributed by atoms with E-state index in [1.54, 1.807) is 0 Å². The Balaban J connectivity index is 1.49. The maximum Gasteiger partial charge on any atom is 0.129 e. The molecule has 0 unspecified atom stereocenters. The Labute approximate surface area is 374 Å². The number of aryl methyl sites for hydroxylation is 9. The van der Waals surface area contributed by atoms with Gasteiger partial charge in [0.15, 0.2) is 0 Å². The Kier molecular flexibility index (Phi) is 10.5. The number of fused-ring (bicyclic) bond motifs is 8. The van der Waals surface area contributed by atoms with Gasteiger partial charge < -0.3 is 9.97 Å². The van der Waals surface area contributed by atoms with Crippen molar-refractivity contribution >= 4 is 54.4 Å². The molecule has 0 saturated heterocycles. The Morgan fingerprint density at radius 1 is 0.381 bits per heavy atom. The van der Waals surface area contributed by atoms with Crippen molar-refractivity contribution < 1.29 is 0 Å². The molecule has 8 bridgehead atoms. The molecule has 4 nitrogen and oxygen atoms in total. The molecule has 7 aromatic rings. The summed E-state index contributed by atoms with van der Waals surface area (Å²) in [5, 5.41) is 0. The molecule has 2 aliphatic rings. The standard InChI is InChI=1S/C58H56N4Si/c1-33-13-15-43(16-14-33)55-44-17-19-46(59-44)56(52-36(4)27-34(2)28-37(52)5)48-21-23-50(61-48)58(54-40(8)31-42(32-41(54)9)25-26-63(10,11)12)51-24-22-49(62-51)57(47-20-18-45(55)60-47)53-38(6)29-35(3)30-39(53)7/h13-24,27-32,59,62H,1-12H3/i55+1. The topological polar surface area (TPSA) is 57.4 Å². The largest absolute Gasteiger partial charge is 0.354 e. The quantitative estimate of drug-likeness (QED) is 0.137. The van der Waals surface area contributed by atoms with E-state index in [0.29, 0.717) is 0 Å². The van der Waals surface area contributed by atoms with Crippen LogP contribution in [0.1, 0.15) is 78.4 Å². The second-order valence-corrected chi connectivity index (χ2v) is 23.7. The maximum absolute atomic E-state index is 5.65. The molecule has 0 saturated carbocycles. The van der Waals surface area contributed by atoms with Gasteiger partial charge in [-0.05, 0) is 179 Å².